The van der Waals surface area contributed by atoms with Gasteiger partial charge in [0.1, 0.15) is 5.60 Å². The highest BCUT2D eigenvalue weighted by Gasteiger charge is 2.19. The van der Waals surface area contributed by atoms with Gasteiger partial charge in [0.15, 0.2) is 5.43 Å². The summed E-state index contributed by atoms with van der Waals surface area (Å²) in [6, 6.07) is 14.2. The molecule has 3 rings (SSSR count). The predicted molar refractivity (Wildman–Crippen MR) is 112 cm³/mol. The summed E-state index contributed by atoms with van der Waals surface area (Å²) >= 11 is 0. The molecule has 1 aliphatic heterocycles. The number of pyridine rings is 1. The molecule has 1 unspecified atom stereocenters. The second-order valence-corrected chi connectivity index (χ2v) is 7.58. The van der Waals surface area contributed by atoms with E-state index in [-0.39, 0.29) is 11.5 Å². The largest absolute Gasteiger partial charge is 0.444 e. The molecule has 0 aromatic heterocycles. The summed E-state index contributed by atoms with van der Waals surface area (Å²) in [4.78, 5) is 23.8. The Morgan fingerprint density at radius 1 is 1.14 bits per heavy atom. The first-order chi connectivity index (χ1) is 13.3. The van der Waals surface area contributed by atoms with Crippen LogP contribution in [0.5, 0.6) is 0 Å². The van der Waals surface area contributed by atoms with Crippen LogP contribution in [0.15, 0.2) is 78.4 Å². The quantitative estimate of drug-likeness (QED) is 0.646. The van der Waals surface area contributed by atoms with Crippen LogP contribution in [0.3, 0.4) is 0 Å². The normalized spacial score (nSPS) is 12.4. The van der Waals surface area contributed by atoms with Gasteiger partial charge in [-0.3, -0.25) is 10.1 Å². The van der Waals surface area contributed by atoms with E-state index in [9.17, 15) is 9.59 Å². The van der Waals surface area contributed by atoms with Crippen molar-refractivity contribution in [3.63, 3.8) is 0 Å². The number of fused-ring (bicyclic) bond motifs is 1. The number of anilines is 1. The lowest BCUT2D eigenvalue weighted by molar-refractivity contribution is 0.0635. The van der Waals surface area contributed by atoms with Gasteiger partial charge in [0.2, 0.25) is 0 Å². The smallest absolute Gasteiger partial charge is 0.412 e. The Hall–Kier alpha value is -3.34. The van der Waals surface area contributed by atoms with Crippen LogP contribution in [0.1, 0.15) is 32.4 Å². The highest BCUT2D eigenvalue weighted by atomic mass is 16.6. The second-order valence-electron chi connectivity index (χ2n) is 7.58. The molecule has 1 N–H and O–H groups in total. The predicted octanol–water partition coefficient (Wildman–Crippen LogP) is 5.08. The highest BCUT2D eigenvalue weighted by molar-refractivity contribution is 5.86. The van der Waals surface area contributed by atoms with Crippen LogP contribution in [0.4, 0.5) is 10.5 Å². The summed E-state index contributed by atoms with van der Waals surface area (Å²) in [7, 11) is 0. The number of nitrogens with one attached hydrogen (secondary N) is 1. The number of hydrogen-bond donors (Lipinski definition) is 1. The third-order valence-corrected chi connectivity index (χ3v) is 4.23. The maximum atomic E-state index is 12.2. The Morgan fingerprint density at radius 3 is 2.61 bits per heavy atom. The van der Waals surface area contributed by atoms with E-state index < -0.39 is 11.7 Å². The first-order valence-corrected chi connectivity index (χ1v) is 9.10. The monoisotopic (exact) mass is 376 g/mol. The molecule has 1 aromatic carbocycles. The van der Waals surface area contributed by atoms with E-state index in [2.05, 4.69) is 11.9 Å². The molecule has 0 saturated heterocycles. The van der Waals surface area contributed by atoms with Crippen LogP contribution in [0.2, 0.25) is 0 Å². The van der Waals surface area contributed by atoms with Gasteiger partial charge >= 0.3 is 6.09 Å². The molecule has 1 atom stereocenters. The van der Waals surface area contributed by atoms with Crippen molar-refractivity contribution >= 4 is 11.8 Å². The lowest BCUT2D eigenvalue weighted by Crippen LogP contribution is -2.27. The molecule has 0 spiro atoms. The number of benzene rings is 2. The Morgan fingerprint density at radius 2 is 1.89 bits per heavy atom. The number of carbonyl (C=O) groups excluding carboxylic acids is 1. The molecule has 1 amide bonds. The zero-order valence-corrected chi connectivity index (χ0v) is 16.3. The van der Waals surface area contributed by atoms with Crippen molar-refractivity contribution in [2.45, 2.75) is 32.4 Å². The standard InChI is InChI=1S/C23H24N2O3/c1-5-21(25-13-12-16-14-18(26)11-10-17(16)15-25)19-8-6-7-9-20(19)24-22(27)28-23(2,3)4/h5-15,21H,1H2,2-4H3,(H,24,27). The van der Waals surface area contributed by atoms with E-state index >= 15 is 0 Å². The van der Waals surface area contributed by atoms with Gasteiger partial charge in [-0.25, -0.2) is 4.79 Å². The number of ether oxygens (including phenoxy) is 1. The summed E-state index contributed by atoms with van der Waals surface area (Å²) in [5.41, 5.74) is 2.78. The minimum absolute atomic E-state index is 0.0163. The molecule has 5 heteroatoms. The lowest BCUT2D eigenvalue weighted by Gasteiger charge is -2.24. The molecule has 0 fully saturated rings. The molecular weight excluding hydrogens is 352 g/mol. The van der Waals surface area contributed by atoms with E-state index in [0.29, 0.717) is 5.69 Å². The first-order valence-electron chi connectivity index (χ1n) is 9.10. The topological polar surface area (TPSA) is 60.3 Å². The van der Waals surface area contributed by atoms with Crippen LogP contribution in [0, 0.1) is 0 Å². The van der Waals surface area contributed by atoms with Crippen molar-refractivity contribution in [2.24, 2.45) is 0 Å². The van der Waals surface area contributed by atoms with E-state index in [1.54, 1.807) is 18.2 Å². The van der Waals surface area contributed by atoms with Crippen molar-refractivity contribution in [2.75, 3.05) is 5.32 Å². The van der Waals surface area contributed by atoms with Crippen molar-refractivity contribution in [1.82, 2.24) is 4.57 Å². The lowest BCUT2D eigenvalue weighted by atomic mass is 10.0. The summed E-state index contributed by atoms with van der Waals surface area (Å²) in [6.07, 6.45) is 5.17. The van der Waals surface area contributed by atoms with E-state index in [4.69, 9.17) is 4.74 Å². The van der Waals surface area contributed by atoms with Gasteiger partial charge in [-0.15, -0.1) is 6.58 Å². The van der Waals surface area contributed by atoms with Crippen molar-refractivity contribution in [3.05, 3.63) is 89.4 Å². The van der Waals surface area contributed by atoms with Crippen molar-refractivity contribution in [1.29, 1.82) is 0 Å². The number of para-hydroxylation sites is 1. The molecule has 0 bridgehead atoms. The van der Waals surface area contributed by atoms with Gasteiger partial charge in [-0.2, -0.15) is 0 Å². The molecule has 28 heavy (non-hydrogen) atoms. The fourth-order valence-electron chi connectivity index (χ4n) is 3.05. The van der Waals surface area contributed by atoms with Gasteiger partial charge in [-0.1, -0.05) is 24.3 Å². The van der Waals surface area contributed by atoms with Gasteiger partial charge in [0.25, 0.3) is 0 Å². The highest BCUT2D eigenvalue weighted by Crippen LogP contribution is 2.29. The maximum absolute atomic E-state index is 12.2. The third kappa shape index (κ3) is 4.49. The SMILES string of the molecule is C=CC(c1ccccc1NC(=O)OC(C)(C)C)n1ccc2cc(=O)ccc-2c1. The average Bonchev–Trinajstić information content (AvgIpc) is 2.62. The molecule has 5 nitrogen and oxygen atoms in total. The molecule has 1 heterocycles. The van der Waals surface area contributed by atoms with Gasteiger partial charge < -0.3 is 9.30 Å². The van der Waals surface area contributed by atoms with E-state index in [1.165, 1.54) is 0 Å². The zero-order valence-electron chi connectivity index (χ0n) is 16.3. The Kier molecular flexibility index (Phi) is 5.36. The van der Waals surface area contributed by atoms with Crippen molar-refractivity contribution in [3.8, 4) is 11.1 Å². The van der Waals surface area contributed by atoms with Gasteiger partial charge in [0.05, 0.1) is 6.04 Å². The maximum Gasteiger partial charge on any atom is 0.412 e. The molecule has 1 aromatic rings. The number of aromatic nitrogens is 1. The van der Waals surface area contributed by atoms with Crippen molar-refractivity contribution < 1.29 is 9.53 Å². The summed E-state index contributed by atoms with van der Waals surface area (Å²) in [6.45, 7) is 9.44. The molecule has 2 aliphatic rings. The number of allylic oxidation sites excluding steroid dienone is 1. The van der Waals surface area contributed by atoms with Crippen LogP contribution in [-0.2, 0) is 4.74 Å². The number of hydrogen-bond acceptors (Lipinski definition) is 3. The Bertz CT molecular complexity index is 1030. The second kappa shape index (κ2) is 7.72. The number of nitrogens with zero attached hydrogens (tertiary/aromatic N) is 1. The van der Waals surface area contributed by atoms with E-state index in [0.717, 1.165) is 16.7 Å². The molecular formula is C23H24N2O3. The number of amides is 1. The molecule has 144 valence electrons. The fourth-order valence-corrected chi connectivity index (χ4v) is 3.05. The molecule has 1 aliphatic carbocycles. The van der Waals surface area contributed by atoms with Gasteiger partial charge in [0, 0.05) is 23.6 Å². The van der Waals surface area contributed by atoms with Crippen LogP contribution < -0.4 is 10.7 Å². The van der Waals surface area contributed by atoms with Crippen LogP contribution in [-0.4, -0.2) is 16.3 Å². The zero-order chi connectivity index (χ0) is 20.3. The number of carbonyl (C=O) groups is 1. The van der Waals surface area contributed by atoms with E-state index in [1.807, 2.05) is 74.1 Å². The number of rotatable bonds is 4. The summed E-state index contributed by atoms with van der Waals surface area (Å²) in [5, 5.41) is 2.83. The average molecular weight is 376 g/mol. The van der Waals surface area contributed by atoms with Gasteiger partial charge in [-0.05, 0) is 62.2 Å². The minimum Gasteiger partial charge on any atom is -0.444 e. The Labute approximate surface area is 164 Å². The van der Waals surface area contributed by atoms with Crippen LogP contribution >= 0.6 is 0 Å². The minimum atomic E-state index is -0.579. The summed E-state index contributed by atoms with van der Waals surface area (Å²) < 4.78 is 7.37. The first kappa shape index (κ1) is 19.4. The third-order valence-electron chi connectivity index (χ3n) is 4.23. The Balaban J connectivity index is 1.97. The molecule has 0 saturated carbocycles. The molecule has 0 radical (unpaired) electrons. The fraction of sp³-hybridized carbons (Fsp3) is 0.217. The van der Waals surface area contributed by atoms with Crippen LogP contribution in [0.25, 0.3) is 11.1 Å². The summed E-state index contributed by atoms with van der Waals surface area (Å²) in [5.74, 6) is 0.